The number of benzene rings is 2. The average molecular weight is 331 g/mol. The quantitative estimate of drug-likeness (QED) is 0.649. The van der Waals surface area contributed by atoms with Crippen LogP contribution in [0.3, 0.4) is 0 Å². The summed E-state index contributed by atoms with van der Waals surface area (Å²) in [4.78, 5) is -0.0916. The van der Waals surface area contributed by atoms with Crippen LogP contribution in [-0.4, -0.2) is 19.6 Å². The summed E-state index contributed by atoms with van der Waals surface area (Å²) in [5, 5.41) is 8.72. The molecular formula is C17H17NO4S. The second kappa shape index (κ2) is 7.27. The normalized spacial score (nSPS) is 11.0. The largest absolute Gasteiger partial charge is 0.494 e. The maximum atomic E-state index is 11.2. The third kappa shape index (κ3) is 4.81. The highest BCUT2D eigenvalue weighted by Gasteiger charge is 2.11. The molecule has 2 rings (SSSR count). The van der Waals surface area contributed by atoms with Crippen molar-refractivity contribution in [2.75, 3.05) is 6.61 Å². The number of ether oxygens (including phenoxy) is 1. The summed E-state index contributed by atoms with van der Waals surface area (Å²) in [6.45, 7) is 2.37. The fourth-order valence-electron chi connectivity index (χ4n) is 2.16. The standard InChI is InChI=1S/C17H17NO4S/c1-13-4-9-17(23(19,20)21)11-15(13)3-2-10-22-16-7-5-14(12-18)6-8-16/h4-9,11H,2-3,10H2,1H3,(H,19,20,21). The van der Waals surface area contributed by atoms with Crippen LogP contribution >= 0.6 is 0 Å². The molecule has 0 aliphatic heterocycles. The highest BCUT2D eigenvalue weighted by molar-refractivity contribution is 7.85. The monoisotopic (exact) mass is 331 g/mol. The molecule has 120 valence electrons. The van der Waals surface area contributed by atoms with Crippen molar-refractivity contribution in [3.63, 3.8) is 0 Å². The van der Waals surface area contributed by atoms with Crippen molar-refractivity contribution < 1.29 is 17.7 Å². The van der Waals surface area contributed by atoms with E-state index in [1.165, 1.54) is 12.1 Å². The Morgan fingerprint density at radius 3 is 2.48 bits per heavy atom. The van der Waals surface area contributed by atoms with Crippen molar-refractivity contribution >= 4 is 10.1 Å². The van der Waals surface area contributed by atoms with E-state index in [1.807, 2.05) is 13.0 Å². The Kier molecular flexibility index (Phi) is 5.37. The minimum Gasteiger partial charge on any atom is -0.494 e. The Balaban J connectivity index is 1.92. The number of nitrogens with zero attached hydrogens (tertiary/aromatic N) is 1. The van der Waals surface area contributed by atoms with Gasteiger partial charge in [-0.25, -0.2) is 0 Å². The topological polar surface area (TPSA) is 87.4 Å². The first-order valence-corrected chi connectivity index (χ1v) is 8.54. The van der Waals surface area contributed by atoms with Gasteiger partial charge in [-0.2, -0.15) is 13.7 Å². The van der Waals surface area contributed by atoms with E-state index in [-0.39, 0.29) is 4.90 Å². The zero-order valence-electron chi connectivity index (χ0n) is 12.7. The van der Waals surface area contributed by atoms with Crippen molar-refractivity contribution in [3.8, 4) is 11.8 Å². The van der Waals surface area contributed by atoms with E-state index in [0.717, 1.165) is 11.1 Å². The Hall–Kier alpha value is -2.36. The lowest BCUT2D eigenvalue weighted by atomic mass is 10.0. The maximum absolute atomic E-state index is 11.2. The molecule has 5 nitrogen and oxygen atoms in total. The van der Waals surface area contributed by atoms with Crippen LogP contribution in [0.4, 0.5) is 0 Å². The van der Waals surface area contributed by atoms with Crippen LogP contribution in [0.15, 0.2) is 47.4 Å². The number of rotatable bonds is 6. The lowest BCUT2D eigenvalue weighted by molar-refractivity contribution is 0.311. The Morgan fingerprint density at radius 2 is 1.87 bits per heavy atom. The molecule has 0 saturated carbocycles. The van der Waals surface area contributed by atoms with Gasteiger partial charge in [-0.05, 0) is 67.3 Å². The Bertz CT molecular complexity index is 821. The van der Waals surface area contributed by atoms with E-state index in [1.54, 1.807) is 30.3 Å². The van der Waals surface area contributed by atoms with Gasteiger partial charge in [0, 0.05) is 0 Å². The zero-order valence-corrected chi connectivity index (χ0v) is 13.5. The van der Waals surface area contributed by atoms with Crippen molar-refractivity contribution in [1.29, 1.82) is 5.26 Å². The molecule has 0 saturated heterocycles. The van der Waals surface area contributed by atoms with Crippen LogP contribution in [0, 0.1) is 18.3 Å². The van der Waals surface area contributed by atoms with E-state index in [0.29, 0.717) is 30.8 Å². The fourth-order valence-corrected chi connectivity index (χ4v) is 2.69. The first-order valence-electron chi connectivity index (χ1n) is 7.10. The molecule has 2 aromatic rings. The van der Waals surface area contributed by atoms with Gasteiger partial charge in [-0.15, -0.1) is 0 Å². The third-order valence-corrected chi connectivity index (χ3v) is 4.31. The van der Waals surface area contributed by atoms with Crippen molar-refractivity contribution in [1.82, 2.24) is 0 Å². The van der Waals surface area contributed by atoms with Crippen LogP contribution in [0.5, 0.6) is 5.75 Å². The summed E-state index contributed by atoms with van der Waals surface area (Å²) < 4.78 is 37.0. The van der Waals surface area contributed by atoms with Crippen LogP contribution in [0.1, 0.15) is 23.1 Å². The number of hydrogen-bond donors (Lipinski definition) is 1. The lowest BCUT2D eigenvalue weighted by Crippen LogP contribution is -2.03. The first kappa shape index (κ1) is 17.0. The van der Waals surface area contributed by atoms with Crippen LogP contribution < -0.4 is 4.74 Å². The summed E-state index contributed by atoms with van der Waals surface area (Å²) in [6.07, 6.45) is 1.35. The van der Waals surface area contributed by atoms with Gasteiger partial charge in [-0.3, -0.25) is 4.55 Å². The number of hydrogen-bond acceptors (Lipinski definition) is 4. The summed E-state index contributed by atoms with van der Waals surface area (Å²) in [6, 6.07) is 13.5. The molecule has 0 fully saturated rings. The minimum atomic E-state index is -4.18. The van der Waals surface area contributed by atoms with Gasteiger partial charge in [0.15, 0.2) is 0 Å². The maximum Gasteiger partial charge on any atom is 0.294 e. The van der Waals surface area contributed by atoms with E-state index in [4.69, 9.17) is 14.6 Å². The fraction of sp³-hybridized carbons (Fsp3) is 0.235. The zero-order chi connectivity index (χ0) is 16.9. The van der Waals surface area contributed by atoms with Gasteiger partial charge in [0.2, 0.25) is 0 Å². The van der Waals surface area contributed by atoms with Crippen molar-refractivity contribution in [2.45, 2.75) is 24.7 Å². The van der Waals surface area contributed by atoms with Gasteiger partial charge >= 0.3 is 0 Å². The van der Waals surface area contributed by atoms with Gasteiger partial charge in [-0.1, -0.05) is 6.07 Å². The minimum absolute atomic E-state index is 0.0916. The van der Waals surface area contributed by atoms with E-state index in [2.05, 4.69) is 0 Å². The lowest BCUT2D eigenvalue weighted by Gasteiger charge is -2.09. The molecule has 2 aromatic carbocycles. The smallest absolute Gasteiger partial charge is 0.294 e. The molecule has 0 heterocycles. The molecule has 0 radical (unpaired) electrons. The summed E-state index contributed by atoms with van der Waals surface area (Å²) >= 11 is 0. The molecule has 0 atom stereocenters. The summed E-state index contributed by atoms with van der Waals surface area (Å²) in [7, 11) is -4.18. The predicted molar refractivity (Wildman–Crippen MR) is 86.0 cm³/mol. The van der Waals surface area contributed by atoms with Gasteiger partial charge in [0.1, 0.15) is 5.75 Å². The van der Waals surface area contributed by atoms with Crippen molar-refractivity contribution in [3.05, 3.63) is 59.2 Å². The molecule has 0 aliphatic rings. The average Bonchev–Trinajstić information content (AvgIpc) is 2.52. The van der Waals surface area contributed by atoms with Crippen LogP contribution in [0.2, 0.25) is 0 Å². The Morgan fingerprint density at radius 1 is 1.17 bits per heavy atom. The second-order valence-corrected chi connectivity index (χ2v) is 6.57. The van der Waals surface area contributed by atoms with Gasteiger partial charge < -0.3 is 4.74 Å². The number of nitriles is 1. The molecular weight excluding hydrogens is 314 g/mol. The first-order chi connectivity index (χ1) is 10.9. The Labute approximate surface area is 135 Å². The molecule has 0 unspecified atom stereocenters. The van der Waals surface area contributed by atoms with Crippen LogP contribution in [0.25, 0.3) is 0 Å². The van der Waals surface area contributed by atoms with E-state index < -0.39 is 10.1 Å². The van der Waals surface area contributed by atoms with E-state index in [9.17, 15) is 8.42 Å². The molecule has 1 N–H and O–H groups in total. The second-order valence-electron chi connectivity index (χ2n) is 5.15. The molecule has 0 bridgehead atoms. The van der Waals surface area contributed by atoms with Gasteiger partial charge in [0.25, 0.3) is 10.1 Å². The van der Waals surface area contributed by atoms with Crippen molar-refractivity contribution in [2.24, 2.45) is 0 Å². The predicted octanol–water partition coefficient (Wildman–Crippen LogP) is 3.13. The third-order valence-electron chi connectivity index (χ3n) is 3.46. The molecule has 0 aliphatic carbocycles. The molecule has 0 spiro atoms. The SMILES string of the molecule is Cc1ccc(S(=O)(=O)O)cc1CCCOc1ccc(C#N)cc1. The highest BCUT2D eigenvalue weighted by Crippen LogP contribution is 2.17. The molecule has 0 aromatic heterocycles. The van der Waals surface area contributed by atoms with Crippen LogP contribution in [-0.2, 0) is 16.5 Å². The number of aryl methyl sites for hydroxylation is 2. The van der Waals surface area contributed by atoms with E-state index >= 15 is 0 Å². The molecule has 6 heteroatoms. The van der Waals surface area contributed by atoms with Gasteiger partial charge in [0.05, 0.1) is 23.1 Å². The summed E-state index contributed by atoms with van der Waals surface area (Å²) in [5.41, 5.74) is 2.41. The molecule has 23 heavy (non-hydrogen) atoms. The highest BCUT2D eigenvalue weighted by atomic mass is 32.2. The molecule has 0 amide bonds. The summed E-state index contributed by atoms with van der Waals surface area (Å²) in [5.74, 6) is 0.687.